The first-order valence-corrected chi connectivity index (χ1v) is 23.5. The number of nitrogens with zero attached hydrogens (tertiary/aromatic N) is 1. The Hall–Kier alpha value is -8.52. The number of fused-ring (bicyclic) bond motifs is 12. The van der Waals surface area contributed by atoms with Crippen molar-refractivity contribution in [2.24, 2.45) is 0 Å². The molecule has 0 aliphatic heterocycles. The number of anilines is 2. The molecule has 310 valence electrons. The van der Waals surface area contributed by atoms with E-state index >= 15 is 0 Å². The molecule has 2 aliphatic carbocycles. The smallest absolute Gasteiger partial charge is 0.0726 e. The van der Waals surface area contributed by atoms with Crippen LogP contribution in [0.1, 0.15) is 27.8 Å². The van der Waals surface area contributed by atoms with Gasteiger partial charge in [-0.3, -0.25) is 0 Å². The van der Waals surface area contributed by atoms with Crippen molar-refractivity contribution in [1.29, 1.82) is 0 Å². The number of rotatable bonds is 5. The summed E-state index contributed by atoms with van der Waals surface area (Å²) < 4.78 is 0. The van der Waals surface area contributed by atoms with E-state index in [0.717, 1.165) is 0 Å². The van der Waals surface area contributed by atoms with Gasteiger partial charge in [-0.25, -0.2) is 0 Å². The molecule has 2 aliphatic rings. The average Bonchev–Trinajstić information content (AvgIpc) is 3.86. The quantitative estimate of drug-likeness (QED) is 0.156. The van der Waals surface area contributed by atoms with Crippen LogP contribution in [0.3, 0.4) is 0 Å². The third-order valence-corrected chi connectivity index (χ3v) is 15.5. The molecular formula is C66H41N. The third kappa shape index (κ3) is 4.93. The second kappa shape index (κ2) is 13.7. The van der Waals surface area contributed by atoms with E-state index in [0.29, 0.717) is 6.54 Å². The summed E-state index contributed by atoms with van der Waals surface area (Å²) >= 11 is 0. The van der Waals surface area contributed by atoms with Crippen LogP contribution in [-0.2, 0) is 12.0 Å². The van der Waals surface area contributed by atoms with E-state index in [2.05, 4.69) is 241 Å². The predicted molar refractivity (Wildman–Crippen MR) is 283 cm³/mol. The molecule has 0 unspecified atom stereocenters. The Bertz CT molecular complexity index is 4130. The highest BCUT2D eigenvalue weighted by Crippen LogP contribution is 2.63. The van der Waals surface area contributed by atoms with Crippen LogP contribution in [0.15, 0.2) is 237 Å². The van der Waals surface area contributed by atoms with Gasteiger partial charge in [-0.1, -0.05) is 218 Å². The van der Waals surface area contributed by atoms with Crippen molar-refractivity contribution in [3.8, 4) is 33.4 Å². The molecule has 0 saturated heterocycles. The van der Waals surface area contributed by atoms with Gasteiger partial charge >= 0.3 is 0 Å². The Balaban J connectivity index is 1.07. The zero-order valence-corrected chi connectivity index (χ0v) is 36.7. The molecule has 0 fully saturated rings. The molecule has 15 rings (SSSR count). The van der Waals surface area contributed by atoms with Crippen LogP contribution >= 0.6 is 0 Å². The molecule has 0 bridgehead atoms. The lowest BCUT2D eigenvalue weighted by Gasteiger charge is -2.33. The number of hydrogen-bond acceptors (Lipinski definition) is 1. The zero-order chi connectivity index (χ0) is 43.8. The molecule has 0 heterocycles. The summed E-state index contributed by atoms with van der Waals surface area (Å²) in [6, 6.07) is 89.4. The Kier molecular flexibility index (Phi) is 7.55. The Morgan fingerprint density at radius 1 is 0.299 bits per heavy atom. The molecule has 1 nitrogen and oxygen atoms in total. The number of benzene rings is 12. The van der Waals surface area contributed by atoms with Gasteiger partial charge in [0.1, 0.15) is 0 Å². The van der Waals surface area contributed by atoms with Gasteiger partial charge < -0.3 is 4.90 Å². The second-order valence-electron chi connectivity index (χ2n) is 18.6. The third-order valence-electron chi connectivity index (χ3n) is 15.5. The van der Waals surface area contributed by atoms with Gasteiger partial charge in [-0.15, -0.1) is 0 Å². The minimum Gasteiger partial charge on any atom is -0.336 e. The average molecular weight is 848 g/mol. The van der Waals surface area contributed by atoms with Gasteiger partial charge in [-0.2, -0.15) is 0 Å². The topological polar surface area (TPSA) is 3.24 Å². The standard InChI is InChI=1S/C66H41N/c1-2-16-41(17-3-1)47-22-5-4-18-45(47)40-67(46-36-37-51-50-25-8-11-33-59(50)66(60(51)39-46)57-31-9-6-23-48(57)49-24-7-10-32-58(49)66)61-38-44-21-14-28-53-52-26-12-19-42-34-35-43-20-13-27-54(63(43)62(42)52)55-29-15-30-56(61)65(55)64(44)53/h1-39H,40H2. The fraction of sp³-hybridized carbons (Fsp3) is 0.0303. The SMILES string of the molecule is c1ccc(-c2ccccc2CN(c2ccc3c(c2)C2(c4ccccc4-c4ccccc42)c2ccccc2-3)c2cc3cccc4c5cccc6ccc7cccc(c8cccc2c8c34)c7c65)cc1. The van der Waals surface area contributed by atoms with Crippen LogP contribution in [0.25, 0.3) is 98.0 Å². The first-order chi connectivity index (χ1) is 33.3. The lowest BCUT2D eigenvalue weighted by atomic mass is 9.70. The molecule has 0 atom stereocenters. The summed E-state index contributed by atoms with van der Waals surface area (Å²) in [6.07, 6.45) is 0. The highest BCUT2D eigenvalue weighted by Gasteiger charge is 2.51. The minimum absolute atomic E-state index is 0.458. The van der Waals surface area contributed by atoms with Gasteiger partial charge in [0, 0.05) is 28.7 Å². The van der Waals surface area contributed by atoms with E-state index in [-0.39, 0.29) is 0 Å². The van der Waals surface area contributed by atoms with Crippen molar-refractivity contribution >= 4 is 76.0 Å². The van der Waals surface area contributed by atoms with Crippen molar-refractivity contribution in [2.75, 3.05) is 4.90 Å². The number of hydrogen-bond donors (Lipinski definition) is 0. The summed E-state index contributed by atoms with van der Waals surface area (Å²) in [5.74, 6) is 0. The fourth-order valence-electron chi connectivity index (χ4n) is 12.8. The zero-order valence-electron chi connectivity index (χ0n) is 36.7. The molecule has 0 amide bonds. The van der Waals surface area contributed by atoms with Crippen molar-refractivity contribution in [2.45, 2.75) is 12.0 Å². The van der Waals surface area contributed by atoms with Crippen LogP contribution < -0.4 is 4.90 Å². The second-order valence-corrected chi connectivity index (χ2v) is 18.6. The van der Waals surface area contributed by atoms with E-state index in [1.807, 2.05) is 0 Å². The molecule has 13 aromatic rings. The molecule has 0 N–H and O–H groups in total. The maximum atomic E-state index is 2.63. The van der Waals surface area contributed by atoms with Crippen molar-refractivity contribution in [3.05, 3.63) is 264 Å². The monoisotopic (exact) mass is 847 g/mol. The highest BCUT2D eigenvalue weighted by molar-refractivity contribution is 6.38. The molecule has 1 heteroatoms. The Morgan fingerprint density at radius 2 is 0.761 bits per heavy atom. The van der Waals surface area contributed by atoms with Crippen LogP contribution in [0.4, 0.5) is 11.4 Å². The van der Waals surface area contributed by atoms with Crippen LogP contribution in [0, 0.1) is 0 Å². The molecule has 1 spiro atoms. The Labute approximate surface area is 388 Å². The van der Waals surface area contributed by atoms with Gasteiger partial charge in [0.2, 0.25) is 0 Å². The van der Waals surface area contributed by atoms with E-state index in [1.165, 1.54) is 137 Å². The maximum Gasteiger partial charge on any atom is 0.0726 e. The van der Waals surface area contributed by atoms with E-state index in [1.54, 1.807) is 0 Å². The van der Waals surface area contributed by atoms with Crippen molar-refractivity contribution in [1.82, 2.24) is 0 Å². The van der Waals surface area contributed by atoms with Crippen LogP contribution in [0.2, 0.25) is 0 Å². The van der Waals surface area contributed by atoms with Gasteiger partial charge in [0.15, 0.2) is 0 Å². The van der Waals surface area contributed by atoms with Crippen LogP contribution in [0.5, 0.6) is 0 Å². The molecule has 0 radical (unpaired) electrons. The summed E-state index contributed by atoms with van der Waals surface area (Å²) in [5.41, 5.74) is 16.3. The van der Waals surface area contributed by atoms with Crippen molar-refractivity contribution < 1.29 is 0 Å². The lowest BCUT2D eigenvalue weighted by molar-refractivity contribution is 0.792. The fourth-order valence-corrected chi connectivity index (χ4v) is 12.8. The van der Waals surface area contributed by atoms with E-state index < -0.39 is 5.41 Å². The molecule has 0 saturated carbocycles. The first-order valence-electron chi connectivity index (χ1n) is 23.5. The Morgan fingerprint density at radius 3 is 1.37 bits per heavy atom. The summed E-state index contributed by atoms with van der Waals surface area (Å²) in [4.78, 5) is 2.63. The lowest BCUT2D eigenvalue weighted by Crippen LogP contribution is -2.26. The first kappa shape index (κ1) is 36.8. The predicted octanol–water partition coefficient (Wildman–Crippen LogP) is 17.4. The van der Waals surface area contributed by atoms with Gasteiger partial charge in [-0.05, 0) is 133 Å². The van der Waals surface area contributed by atoms with E-state index in [9.17, 15) is 0 Å². The normalized spacial score (nSPS) is 13.3. The summed E-state index contributed by atoms with van der Waals surface area (Å²) in [7, 11) is 0. The van der Waals surface area contributed by atoms with Crippen LogP contribution in [-0.4, -0.2) is 0 Å². The molecule has 13 aromatic carbocycles. The molecular weight excluding hydrogens is 807 g/mol. The molecule has 67 heavy (non-hydrogen) atoms. The van der Waals surface area contributed by atoms with Gasteiger partial charge in [0.25, 0.3) is 0 Å². The highest BCUT2D eigenvalue weighted by atomic mass is 15.1. The minimum atomic E-state index is -0.458. The summed E-state index contributed by atoms with van der Waals surface area (Å²) in [6.45, 7) is 0.666. The molecule has 0 aromatic heterocycles. The maximum absolute atomic E-state index is 2.63. The van der Waals surface area contributed by atoms with Gasteiger partial charge in [0.05, 0.1) is 5.41 Å². The largest absolute Gasteiger partial charge is 0.336 e. The van der Waals surface area contributed by atoms with E-state index in [4.69, 9.17) is 0 Å². The van der Waals surface area contributed by atoms with Crippen molar-refractivity contribution in [3.63, 3.8) is 0 Å². The summed E-state index contributed by atoms with van der Waals surface area (Å²) in [5, 5.41) is 15.4.